The number of rotatable bonds is 4. The molecule has 1 aromatic rings. The zero-order chi connectivity index (χ0) is 13.1. The first kappa shape index (κ1) is 12.3. The maximum Gasteiger partial charge on any atom is 0.261 e. The highest BCUT2D eigenvalue weighted by Gasteiger charge is 2.34. The number of hydrogen-bond acceptors (Lipinski definition) is 3. The lowest BCUT2D eigenvalue weighted by Gasteiger charge is -2.18. The maximum atomic E-state index is 12.0. The van der Waals surface area contributed by atoms with E-state index in [1.165, 1.54) is 4.90 Å². The van der Waals surface area contributed by atoms with Crippen LogP contribution in [-0.4, -0.2) is 48.3 Å². The molecule has 2 amide bonds. The molecule has 18 heavy (non-hydrogen) atoms. The summed E-state index contributed by atoms with van der Waals surface area (Å²) in [7, 11) is 1.86. The number of imide groups is 1. The summed E-state index contributed by atoms with van der Waals surface area (Å²) in [6.07, 6.45) is 5.20. The second-order valence-electron chi connectivity index (χ2n) is 4.25. The summed E-state index contributed by atoms with van der Waals surface area (Å²) in [6.45, 7) is 1.45. The van der Waals surface area contributed by atoms with Crippen LogP contribution < -0.4 is 0 Å². The number of fused-ring (bicyclic) bond motifs is 1. The van der Waals surface area contributed by atoms with Crippen LogP contribution in [0.25, 0.3) is 0 Å². The molecule has 0 radical (unpaired) electrons. The van der Waals surface area contributed by atoms with Gasteiger partial charge in [0.05, 0.1) is 17.7 Å². The molecule has 0 atom stereocenters. The van der Waals surface area contributed by atoms with Gasteiger partial charge in [-0.05, 0) is 19.2 Å². The molecule has 92 valence electrons. The van der Waals surface area contributed by atoms with Gasteiger partial charge in [-0.1, -0.05) is 18.1 Å². The Bertz CT molecular complexity index is 496. The summed E-state index contributed by atoms with van der Waals surface area (Å²) >= 11 is 0. The van der Waals surface area contributed by atoms with Gasteiger partial charge in [0, 0.05) is 13.1 Å². The third-order valence-electron chi connectivity index (χ3n) is 2.94. The first-order valence-corrected chi connectivity index (χ1v) is 5.72. The highest BCUT2D eigenvalue weighted by molar-refractivity contribution is 6.21. The van der Waals surface area contributed by atoms with E-state index in [1.807, 2.05) is 11.9 Å². The number of benzene rings is 1. The van der Waals surface area contributed by atoms with Crippen molar-refractivity contribution in [3.05, 3.63) is 35.4 Å². The Balaban J connectivity index is 2.08. The Morgan fingerprint density at radius 3 is 2.28 bits per heavy atom. The Morgan fingerprint density at radius 2 is 1.78 bits per heavy atom. The molecule has 2 rings (SSSR count). The molecular weight excluding hydrogens is 228 g/mol. The molecule has 0 bridgehead atoms. The van der Waals surface area contributed by atoms with Gasteiger partial charge in [0.15, 0.2) is 0 Å². The summed E-state index contributed by atoms with van der Waals surface area (Å²) in [5.41, 5.74) is 0.976. The van der Waals surface area contributed by atoms with Crippen molar-refractivity contribution >= 4 is 11.8 Å². The molecular formula is C14H14N2O2. The normalized spacial score (nSPS) is 13.9. The van der Waals surface area contributed by atoms with Crippen LogP contribution in [-0.2, 0) is 0 Å². The average molecular weight is 242 g/mol. The molecule has 0 unspecified atom stereocenters. The van der Waals surface area contributed by atoms with Crippen LogP contribution in [0.2, 0.25) is 0 Å². The van der Waals surface area contributed by atoms with Gasteiger partial charge in [-0.3, -0.25) is 19.4 Å². The quantitative estimate of drug-likeness (QED) is 0.580. The fraction of sp³-hybridized carbons (Fsp3) is 0.286. The number of carbonyl (C=O) groups is 2. The zero-order valence-corrected chi connectivity index (χ0v) is 10.2. The van der Waals surface area contributed by atoms with Crippen molar-refractivity contribution in [1.82, 2.24) is 9.80 Å². The molecule has 0 spiro atoms. The lowest BCUT2D eigenvalue weighted by Crippen LogP contribution is -2.37. The molecule has 1 aliphatic heterocycles. The molecule has 0 fully saturated rings. The molecule has 4 heteroatoms. The monoisotopic (exact) mass is 242 g/mol. The molecule has 1 heterocycles. The number of carbonyl (C=O) groups excluding carboxylic acids is 2. The topological polar surface area (TPSA) is 40.6 Å². The molecule has 4 nitrogen and oxygen atoms in total. The summed E-state index contributed by atoms with van der Waals surface area (Å²) < 4.78 is 0. The van der Waals surface area contributed by atoms with E-state index < -0.39 is 0 Å². The van der Waals surface area contributed by atoms with Gasteiger partial charge < -0.3 is 0 Å². The van der Waals surface area contributed by atoms with Gasteiger partial charge in [-0.25, -0.2) is 0 Å². The number of terminal acetylenes is 1. The van der Waals surface area contributed by atoms with E-state index in [0.717, 1.165) is 0 Å². The Morgan fingerprint density at radius 1 is 1.22 bits per heavy atom. The fourth-order valence-electron chi connectivity index (χ4n) is 1.95. The van der Waals surface area contributed by atoms with Gasteiger partial charge in [-0.2, -0.15) is 0 Å². The fourth-order valence-corrected chi connectivity index (χ4v) is 1.95. The van der Waals surface area contributed by atoms with Gasteiger partial charge in [0.2, 0.25) is 0 Å². The highest BCUT2D eigenvalue weighted by atomic mass is 16.2. The lowest BCUT2D eigenvalue weighted by atomic mass is 10.1. The maximum absolute atomic E-state index is 12.0. The smallest absolute Gasteiger partial charge is 0.261 e. The van der Waals surface area contributed by atoms with Crippen LogP contribution in [0.5, 0.6) is 0 Å². The van der Waals surface area contributed by atoms with Crippen molar-refractivity contribution < 1.29 is 9.59 Å². The summed E-state index contributed by atoms with van der Waals surface area (Å²) in [5, 5.41) is 0. The molecule has 0 saturated carbocycles. The van der Waals surface area contributed by atoms with E-state index in [4.69, 9.17) is 6.42 Å². The van der Waals surface area contributed by atoms with Gasteiger partial charge in [0.25, 0.3) is 11.8 Å². The average Bonchev–Trinajstić information content (AvgIpc) is 2.61. The van der Waals surface area contributed by atoms with Gasteiger partial charge in [-0.15, -0.1) is 6.42 Å². The largest absolute Gasteiger partial charge is 0.294 e. The van der Waals surface area contributed by atoms with Crippen molar-refractivity contribution in [2.24, 2.45) is 0 Å². The Kier molecular flexibility index (Phi) is 3.45. The van der Waals surface area contributed by atoms with E-state index in [0.29, 0.717) is 30.8 Å². The highest BCUT2D eigenvalue weighted by Crippen LogP contribution is 2.21. The standard InChI is InChI=1S/C14H14N2O2/c1-3-8-15(2)9-10-16-13(17)11-6-4-5-7-12(11)14(16)18/h1,4-7H,8-10H2,2H3. The molecule has 0 aliphatic carbocycles. The number of hydrogen-bond donors (Lipinski definition) is 0. The summed E-state index contributed by atoms with van der Waals surface area (Å²) in [5.74, 6) is 2.08. The Hall–Kier alpha value is -2.12. The predicted octanol–water partition coefficient (Wildman–Crippen LogP) is 0.848. The minimum Gasteiger partial charge on any atom is -0.294 e. The lowest BCUT2D eigenvalue weighted by molar-refractivity contribution is 0.0643. The number of amides is 2. The summed E-state index contributed by atoms with van der Waals surface area (Å²) in [6, 6.07) is 6.89. The molecule has 1 aromatic carbocycles. The minimum atomic E-state index is -0.218. The third-order valence-corrected chi connectivity index (χ3v) is 2.94. The van der Waals surface area contributed by atoms with Crippen molar-refractivity contribution in [2.75, 3.05) is 26.7 Å². The molecule has 0 saturated heterocycles. The number of likely N-dealkylation sites (N-methyl/N-ethyl adjacent to an activating group) is 1. The molecule has 0 N–H and O–H groups in total. The van der Waals surface area contributed by atoms with E-state index in [1.54, 1.807) is 24.3 Å². The first-order chi connectivity index (χ1) is 8.65. The van der Waals surface area contributed by atoms with Crippen LogP contribution in [0.3, 0.4) is 0 Å². The van der Waals surface area contributed by atoms with Crippen LogP contribution in [0.15, 0.2) is 24.3 Å². The van der Waals surface area contributed by atoms with Crippen molar-refractivity contribution in [3.8, 4) is 12.3 Å². The zero-order valence-electron chi connectivity index (χ0n) is 10.2. The van der Waals surface area contributed by atoms with Gasteiger partial charge >= 0.3 is 0 Å². The Labute approximate surface area is 106 Å². The SMILES string of the molecule is C#CCN(C)CCN1C(=O)c2ccccc2C1=O. The van der Waals surface area contributed by atoms with Crippen LogP contribution in [0, 0.1) is 12.3 Å². The van der Waals surface area contributed by atoms with Crippen LogP contribution >= 0.6 is 0 Å². The second-order valence-corrected chi connectivity index (χ2v) is 4.25. The number of nitrogens with zero attached hydrogens (tertiary/aromatic N) is 2. The van der Waals surface area contributed by atoms with Crippen molar-refractivity contribution in [1.29, 1.82) is 0 Å². The first-order valence-electron chi connectivity index (χ1n) is 5.72. The third kappa shape index (κ3) is 2.13. The van der Waals surface area contributed by atoms with Crippen molar-refractivity contribution in [3.63, 3.8) is 0 Å². The predicted molar refractivity (Wildman–Crippen MR) is 68.1 cm³/mol. The molecule has 1 aliphatic rings. The van der Waals surface area contributed by atoms with Crippen LogP contribution in [0.1, 0.15) is 20.7 Å². The van der Waals surface area contributed by atoms with Crippen LogP contribution in [0.4, 0.5) is 0 Å². The molecule has 0 aromatic heterocycles. The summed E-state index contributed by atoms with van der Waals surface area (Å²) in [4.78, 5) is 27.2. The second kappa shape index (κ2) is 5.03. The van der Waals surface area contributed by atoms with E-state index >= 15 is 0 Å². The van der Waals surface area contributed by atoms with E-state index in [2.05, 4.69) is 5.92 Å². The minimum absolute atomic E-state index is 0.218. The van der Waals surface area contributed by atoms with E-state index in [9.17, 15) is 9.59 Å². The van der Waals surface area contributed by atoms with Gasteiger partial charge in [0.1, 0.15) is 0 Å². The van der Waals surface area contributed by atoms with Crippen molar-refractivity contribution in [2.45, 2.75) is 0 Å². The van der Waals surface area contributed by atoms with E-state index in [-0.39, 0.29) is 11.8 Å².